The van der Waals surface area contributed by atoms with E-state index in [-0.39, 0.29) is 11.6 Å². The first-order valence-electron chi connectivity index (χ1n) is 11.9. The Balaban J connectivity index is 2.05. The van der Waals surface area contributed by atoms with Gasteiger partial charge in [-0.05, 0) is 19.3 Å². The van der Waals surface area contributed by atoms with Crippen LogP contribution < -0.4 is 5.43 Å². The molecule has 1 rings (SSSR count). The number of pyridine rings is 1. The molecule has 0 unspecified atom stereocenters. The van der Waals surface area contributed by atoms with Gasteiger partial charge in [0.25, 0.3) is 0 Å². The van der Waals surface area contributed by atoms with Gasteiger partial charge in [0.1, 0.15) is 0 Å². The van der Waals surface area contributed by atoms with Gasteiger partial charge in [0, 0.05) is 6.20 Å². The summed E-state index contributed by atoms with van der Waals surface area (Å²) in [6.07, 6.45) is 24.1. The van der Waals surface area contributed by atoms with Crippen molar-refractivity contribution in [3.8, 4) is 11.6 Å². The van der Waals surface area contributed by atoms with Gasteiger partial charge in [0.2, 0.25) is 5.43 Å². The summed E-state index contributed by atoms with van der Waals surface area (Å²) in [6.45, 7) is 4.12. The number of hydrogen-bond acceptors (Lipinski definition) is 3. The lowest BCUT2D eigenvalue weighted by atomic mass is 10.0. The van der Waals surface area contributed by atoms with E-state index in [1.807, 2.05) is 13.0 Å². The molecule has 1 aromatic rings. The predicted octanol–water partition coefficient (Wildman–Crippen LogP) is 7.16. The zero-order valence-electron chi connectivity index (χ0n) is 18.8. The smallest absolute Gasteiger partial charge is 0.227 e. The predicted molar refractivity (Wildman–Crippen MR) is 124 cm³/mol. The van der Waals surface area contributed by atoms with E-state index in [1.165, 1.54) is 88.0 Å². The first-order chi connectivity index (χ1) is 14.1. The van der Waals surface area contributed by atoms with E-state index in [4.69, 9.17) is 0 Å². The van der Waals surface area contributed by atoms with E-state index in [1.54, 1.807) is 6.20 Å². The minimum absolute atomic E-state index is 0.123. The van der Waals surface area contributed by atoms with Crippen LogP contribution in [0.15, 0.2) is 16.9 Å². The van der Waals surface area contributed by atoms with Gasteiger partial charge in [-0.25, -0.2) is 0 Å². The van der Waals surface area contributed by atoms with Crippen LogP contribution in [0.4, 0.5) is 0 Å². The van der Waals surface area contributed by atoms with E-state index in [2.05, 4.69) is 6.92 Å². The van der Waals surface area contributed by atoms with Crippen LogP contribution in [0.1, 0.15) is 116 Å². The van der Waals surface area contributed by atoms with Gasteiger partial charge in [-0.2, -0.15) is 0 Å². The Kier molecular flexibility index (Phi) is 14.1. The zero-order chi connectivity index (χ0) is 21.3. The Morgan fingerprint density at radius 1 is 0.793 bits per heavy atom. The molecule has 29 heavy (non-hydrogen) atoms. The summed E-state index contributed by atoms with van der Waals surface area (Å²) < 4.78 is 1.50. The molecule has 0 saturated carbocycles. The van der Waals surface area contributed by atoms with Crippen LogP contribution >= 0.6 is 0 Å². The lowest BCUT2D eigenvalue weighted by Gasteiger charge is -2.11. The second kappa shape index (κ2) is 16.1. The number of aromatic hydroxyl groups is 2. The van der Waals surface area contributed by atoms with E-state index in [0.29, 0.717) is 12.1 Å². The first-order valence-corrected chi connectivity index (χ1v) is 11.9. The Bertz CT molecular complexity index is 634. The molecule has 0 aliphatic heterocycles. The second-order valence-electron chi connectivity index (χ2n) is 8.16. The van der Waals surface area contributed by atoms with Gasteiger partial charge in [-0.15, -0.1) is 0 Å². The molecule has 0 saturated heterocycles. The molecule has 4 heteroatoms. The summed E-state index contributed by atoms with van der Waals surface area (Å²) >= 11 is 0. The third-order valence-corrected chi connectivity index (χ3v) is 5.62. The van der Waals surface area contributed by atoms with E-state index in [0.717, 1.165) is 18.9 Å². The van der Waals surface area contributed by atoms with Crippen LogP contribution in [0.2, 0.25) is 0 Å². The van der Waals surface area contributed by atoms with E-state index >= 15 is 0 Å². The van der Waals surface area contributed by atoms with Crippen molar-refractivity contribution in [1.82, 2.24) is 4.57 Å². The number of allylic oxidation sites excluding steroid dienone is 1. The lowest BCUT2D eigenvalue weighted by molar-refractivity contribution is 0.418. The number of hydrogen-bond donors (Lipinski definition) is 2. The molecule has 0 aromatic carbocycles. The average Bonchev–Trinajstić information content (AvgIpc) is 2.71. The molecule has 0 bridgehead atoms. The highest BCUT2D eigenvalue weighted by molar-refractivity contribution is 5.41. The standard InChI is InChI=1S/C25H43NO3/c1-3-5-6-7-8-9-10-11-12-13-14-15-16-17-18-19-20-26-22(4-2)25(29)23(27)21-24(26)28/h19-21,28-29H,3-18H2,1-2H3. The fourth-order valence-corrected chi connectivity index (χ4v) is 3.79. The molecular formula is C25H43NO3. The highest BCUT2D eigenvalue weighted by atomic mass is 16.3. The third kappa shape index (κ3) is 10.6. The summed E-state index contributed by atoms with van der Waals surface area (Å²) in [7, 11) is 0. The Morgan fingerprint density at radius 2 is 1.28 bits per heavy atom. The van der Waals surface area contributed by atoms with Crippen molar-refractivity contribution in [3.05, 3.63) is 28.1 Å². The second-order valence-corrected chi connectivity index (χ2v) is 8.16. The molecule has 4 nitrogen and oxygen atoms in total. The highest BCUT2D eigenvalue weighted by Crippen LogP contribution is 2.20. The summed E-state index contributed by atoms with van der Waals surface area (Å²) in [5, 5.41) is 19.8. The summed E-state index contributed by atoms with van der Waals surface area (Å²) in [4.78, 5) is 11.5. The number of aromatic nitrogens is 1. The molecular weight excluding hydrogens is 362 g/mol. The van der Waals surface area contributed by atoms with Gasteiger partial charge >= 0.3 is 0 Å². The number of unbranched alkanes of at least 4 members (excludes halogenated alkanes) is 14. The first kappa shape index (κ1) is 25.3. The van der Waals surface area contributed by atoms with Gasteiger partial charge in [-0.3, -0.25) is 9.36 Å². The quantitative estimate of drug-likeness (QED) is 0.270. The largest absolute Gasteiger partial charge is 0.503 e. The topological polar surface area (TPSA) is 62.5 Å². The van der Waals surface area contributed by atoms with Crippen LogP contribution in [0.25, 0.3) is 6.20 Å². The molecule has 0 amide bonds. The van der Waals surface area contributed by atoms with Crippen LogP contribution in [0.5, 0.6) is 11.6 Å². The maximum Gasteiger partial charge on any atom is 0.227 e. The molecule has 0 aliphatic rings. The monoisotopic (exact) mass is 405 g/mol. The molecule has 166 valence electrons. The highest BCUT2D eigenvalue weighted by Gasteiger charge is 2.10. The van der Waals surface area contributed by atoms with E-state index in [9.17, 15) is 15.0 Å². The summed E-state index contributed by atoms with van der Waals surface area (Å²) in [5.74, 6) is -0.395. The third-order valence-electron chi connectivity index (χ3n) is 5.62. The fraction of sp³-hybridized carbons (Fsp3) is 0.720. The molecule has 1 heterocycles. The van der Waals surface area contributed by atoms with Crippen molar-refractivity contribution >= 4 is 6.20 Å². The van der Waals surface area contributed by atoms with E-state index < -0.39 is 5.43 Å². The number of rotatable bonds is 17. The maximum atomic E-state index is 11.5. The zero-order valence-corrected chi connectivity index (χ0v) is 18.8. The fourth-order valence-electron chi connectivity index (χ4n) is 3.79. The van der Waals surface area contributed by atoms with Crippen molar-refractivity contribution < 1.29 is 10.2 Å². The van der Waals surface area contributed by atoms with Gasteiger partial charge in [0.15, 0.2) is 11.6 Å². The average molecular weight is 406 g/mol. The Labute approximate surface area is 177 Å². The van der Waals surface area contributed by atoms with Crippen LogP contribution in [0, 0.1) is 0 Å². The molecule has 0 fully saturated rings. The SMILES string of the molecule is CCCCCCCCCCCCCCCCC=Cn1c(O)cc(=O)c(O)c1CC. The van der Waals surface area contributed by atoms with Crippen molar-refractivity contribution in [2.45, 2.75) is 117 Å². The minimum atomic E-state index is -0.532. The molecule has 2 N–H and O–H groups in total. The minimum Gasteiger partial charge on any atom is -0.503 e. The van der Waals surface area contributed by atoms with Gasteiger partial charge in [0.05, 0.1) is 11.8 Å². The van der Waals surface area contributed by atoms with Crippen molar-refractivity contribution in [3.63, 3.8) is 0 Å². The summed E-state index contributed by atoms with van der Waals surface area (Å²) in [5.41, 5.74) is -0.0804. The Morgan fingerprint density at radius 3 is 1.76 bits per heavy atom. The lowest BCUT2D eigenvalue weighted by Crippen LogP contribution is -2.09. The van der Waals surface area contributed by atoms with Crippen molar-refractivity contribution in [2.24, 2.45) is 0 Å². The molecule has 0 spiro atoms. The number of nitrogens with zero attached hydrogens (tertiary/aromatic N) is 1. The van der Waals surface area contributed by atoms with Crippen LogP contribution in [-0.2, 0) is 6.42 Å². The molecule has 1 aromatic heterocycles. The summed E-state index contributed by atoms with van der Waals surface area (Å²) in [6, 6.07) is 1.06. The Hall–Kier alpha value is -1.71. The molecule has 0 atom stereocenters. The van der Waals surface area contributed by atoms with Gasteiger partial charge in [-0.1, -0.05) is 103 Å². The normalized spacial score (nSPS) is 11.5. The van der Waals surface area contributed by atoms with Crippen LogP contribution in [-0.4, -0.2) is 14.8 Å². The van der Waals surface area contributed by atoms with Crippen LogP contribution in [0.3, 0.4) is 0 Å². The van der Waals surface area contributed by atoms with Crippen molar-refractivity contribution in [1.29, 1.82) is 0 Å². The van der Waals surface area contributed by atoms with Gasteiger partial charge < -0.3 is 10.2 Å². The van der Waals surface area contributed by atoms with Crippen molar-refractivity contribution in [2.75, 3.05) is 0 Å². The molecule has 0 aliphatic carbocycles. The maximum absolute atomic E-state index is 11.5. The molecule has 0 radical (unpaired) electrons.